The molecule has 0 N–H and O–H groups in total. The molecular formula is C11H14Br2OSi. The number of hydrogen-bond donors (Lipinski definition) is 0. The Morgan fingerprint density at radius 2 is 1.80 bits per heavy atom. The molecule has 0 aromatic heterocycles. The Kier molecular flexibility index (Phi) is 4.61. The molecule has 0 atom stereocenters. The van der Waals surface area contributed by atoms with Gasteiger partial charge in [-0.05, 0) is 63.6 Å². The second kappa shape index (κ2) is 5.32. The van der Waals surface area contributed by atoms with Gasteiger partial charge in [0.05, 0.1) is 3.39 Å². The van der Waals surface area contributed by atoms with Crippen molar-refractivity contribution in [2.75, 3.05) is 0 Å². The van der Waals surface area contributed by atoms with E-state index in [4.69, 9.17) is 4.43 Å². The van der Waals surface area contributed by atoms with Crippen molar-refractivity contribution in [2.45, 2.75) is 19.6 Å². The lowest BCUT2D eigenvalue weighted by Crippen LogP contribution is -2.29. The van der Waals surface area contributed by atoms with E-state index in [2.05, 4.69) is 51.5 Å². The third-order valence-corrected chi connectivity index (χ3v) is 2.89. The number of halogens is 2. The number of hydrogen-bond acceptors (Lipinski definition) is 1. The molecule has 0 aliphatic carbocycles. The van der Waals surface area contributed by atoms with Crippen LogP contribution in [0.1, 0.15) is 5.56 Å². The Bertz CT molecular complexity index is 365. The van der Waals surface area contributed by atoms with Crippen LogP contribution in [0.2, 0.25) is 19.6 Å². The first-order valence-electron chi connectivity index (χ1n) is 4.69. The van der Waals surface area contributed by atoms with Gasteiger partial charge in [0.1, 0.15) is 5.75 Å². The SMILES string of the molecule is C[Si](C)(C)Oc1ccccc1C=C(Br)Br. The fourth-order valence-electron chi connectivity index (χ4n) is 1.14. The van der Waals surface area contributed by atoms with Gasteiger partial charge in [0.25, 0.3) is 0 Å². The zero-order chi connectivity index (χ0) is 11.5. The molecule has 0 radical (unpaired) electrons. The lowest BCUT2D eigenvalue weighted by atomic mass is 10.2. The van der Waals surface area contributed by atoms with Gasteiger partial charge in [-0.3, -0.25) is 0 Å². The van der Waals surface area contributed by atoms with E-state index in [0.717, 1.165) is 14.7 Å². The predicted molar refractivity (Wildman–Crippen MR) is 76.2 cm³/mol. The summed E-state index contributed by atoms with van der Waals surface area (Å²) in [5.74, 6) is 0.952. The summed E-state index contributed by atoms with van der Waals surface area (Å²) >= 11 is 6.72. The highest BCUT2D eigenvalue weighted by molar-refractivity contribution is 9.28. The Labute approximate surface area is 109 Å². The Hall–Kier alpha value is -0.0631. The fourth-order valence-corrected chi connectivity index (χ4v) is 2.48. The van der Waals surface area contributed by atoms with Gasteiger partial charge in [0.2, 0.25) is 8.32 Å². The smallest absolute Gasteiger partial charge is 0.242 e. The monoisotopic (exact) mass is 348 g/mol. The van der Waals surface area contributed by atoms with Crippen LogP contribution in [0.5, 0.6) is 5.75 Å². The second-order valence-electron chi connectivity index (χ2n) is 4.19. The maximum Gasteiger partial charge on any atom is 0.242 e. The molecule has 0 heterocycles. The molecular weight excluding hydrogens is 336 g/mol. The molecule has 1 rings (SSSR count). The molecule has 82 valence electrons. The van der Waals surface area contributed by atoms with Gasteiger partial charge in [0.15, 0.2) is 0 Å². The first-order valence-corrected chi connectivity index (χ1v) is 9.69. The van der Waals surface area contributed by atoms with Crippen molar-refractivity contribution >= 4 is 46.3 Å². The van der Waals surface area contributed by atoms with Crippen LogP contribution in [-0.2, 0) is 0 Å². The van der Waals surface area contributed by atoms with E-state index < -0.39 is 8.32 Å². The molecule has 1 aromatic rings. The van der Waals surface area contributed by atoms with Gasteiger partial charge in [0, 0.05) is 5.56 Å². The van der Waals surface area contributed by atoms with Crippen molar-refractivity contribution in [3.63, 3.8) is 0 Å². The standard InChI is InChI=1S/C11H14Br2OSi/c1-15(2,3)14-10-7-5-4-6-9(10)8-11(12)13/h4-8H,1-3H3. The first-order chi connectivity index (χ1) is 6.88. The minimum Gasteiger partial charge on any atom is -0.544 e. The van der Waals surface area contributed by atoms with E-state index in [-0.39, 0.29) is 0 Å². The third kappa shape index (κ3) is 5.00. The lowest BCUT2D eigenvalue weighted by Gasteiger charge is -2.20. The Morgan fingerprint density at radius 3 is 2.33 bits per heavy atom. The van der Waals surface area contributed by atoms with Gasteiger partial charge in [-0.25, -0.2) is 0 Å². The maximum absolute atomic E-state index is 5.99. The largest absolute Gasteiger partial charge is 0.544 e. The molecule has 0 saturated carbocycles. The Balaban J connectivity index is 3.02. The molecule has 0 saturated heterocycles. The van der Waals surface area contributed by atoms with Crippen molar-refractivity contribution in [1.82, 2.24) is 0 Å². The van der Waals surface area contributed by atoms with Crippen LogP contribution in [0.4, 0.5) is 0 Å². The molecule has 0 aliphatic heterocycles. The molecule has 1 nitrogen and oxygen atoms in total. The summed E-state index contributed by atoms with van der Waals surface area (Å²) < 4.78 is 6.90. The number of benzene rings is 1. The van der Waals surface area contributed by atoms with Crippen LogP contribution in [0.25, 0.3) is 6.08 Å². The summed E-state index contributed by atoms with van der Waals surface area (Å²) in [4.78, 5) is 0. The molecule has 0 spiro atoms. The molecule has 0 aliphatic rings. The third-order valence-electron chi connectivity index (χ3n) is 1.60. The van der Waals surface area contributed by atoms with E-state index in [1.807, 2.05) is 30.3 Å². The van der Waals surface area contributed by atoms with E-state index in [1.165, 1.54) is 0 Å². The quantitative estimate of drug-likeness (QED) is 0.698. The van der Waals surface area contributed by atoms with Crippen molar-refractivity contribution in [2.24, 2.45) is 0 Å². The van der Waals surface area contributed by atoms with Gasteiger partial charge < -0.3 is 4.43 Å². The maximum atomic E-state index is 5.99. The van der Waals surface area contributed by atoms with Crippen LogP contribution in [-0.4, -0.2) is 8.32 Å². The predicted octanol–water partition coefficient (Wildman–Crippen LogP) is 4.99. The van der Waals surface area contributed by atoms with Crippen molar-refractivity contribution in [3.8, 4) is 5.75 Å². The van der Waals surface area contributed by atoms with E-state index in [1.54, 1.807) is 0 Å². The summed E-state index contributed by atoms with van der Waals surface area (Å²) in [6.07, 6.45) is 2.00. The first kappa shape index (κ1) is 13.0. The van der Waals surface area contributed by atoms with Crippen LogP contribution in [0.15, 0.2) is 27.7 Å². The normalized spacial score (nSPS) is 11.0. The van der Waals surface area contributed by atoms with Crippen LogP contribution >= 0.6 is 31.9 Å². The van der Waals surface area contributed by atoms with E-state index in [0.29, 0.717) is 0 Å². The van der Waals surface area contributed by atoms with Crippen LogP contribution in [0, 0.1) is 0 Å². The van der Waals surface area contributed by atoms with Gasteiger partial charge >= 0.3 is 0 Å². The molecule has 0 amide bonds. The fraction of sp³-hybridized carbons (Fsp3) is 0.273. The van der Waals surface area contributed by atoms with Gasteiger partial charge in [-0.1, -0.05) is 18.2 Å². The molecule has 0 unspecified atom stereocenters. The lowest BCUT2D eigenvalue weighted by molar-refractivity contribution is 0.556. The summed E-state index contributed by atoms with van der Waals surface area (Å²) in [7, 11) is -1.54. The zero-order valence-electron chi connectivity index (χ0n) is 9.05. The Morgan fingerprint density at radius 1 is 1.20 bits per heavy atom. The minimum absolute atomic E-state index is 0.918. The molecule has 0 bridgehead atoms. The van der Waals surface area contributed by atoms with E-state index in [9.17, 15) is 0 Å². The highest BCUT2D eigenvalue weighted by atomic mass is 79.9. The zero-order valence-corrected chi connectivity index (χ0v) is 13.2. The molecule has 1 aromatic carbocycles. The molecule has 0 fully saturated rings. The average molecular weight is 350 g/mol. The average Bonchev–Trinajstić information content (AvgIpc) is 2.05. The van der Waals surface area contributed by atoms with Crippen molar-refractivity contribution in [3.05, 3.63) is 33.2 Å². The number of para-hydroxylation sites is 1. The highest BCUT2D eigenvalue weighted by Crippen LogP contribution is 2.26. The highest BCUT2D eigenvalue weighted by Gasteiger charge is 2.17. The molecule has 4 heteroatoms. The molecule has 15 heavy (non-hydrogen) atoms. The topological polar surface area (TPSA) is 9.23 Å². The van der Waals surface area contributed by atoms with Crippen molar-refractivity contribution in [1.29, 1.82) is 0 Å². The van der Waals surface area contributed by atoms with Crippen molar-refractivity contribution < 1.29 is 4.43 Å². The summed E-state index contributed by atoms with van der Waals surface area (Å²) in [5.41, 5.74) is 1.09. The minimum atomic E-state index is -1.54. The van der Waals surface area contributed by atoms with Gasteiger partial charge in [-0.2, -0.15) is 0 Å². The van der Waals surface area contributed by atoms with E-state index >= 15 is 0 Å². The number of rotatable bonds is 3. The second-order valence-corrected chi connectivity index (χ2v) is 11.4. The van der Waals surface area contributed by atoms with Crippen LogP contribution < -0.4 is 4.43 Å². The summed E-state index contributed by atoms with van der Waals surface area (Å²) in [5, 5.41) is 0. The van der Waals surface area contributed by atoms with Crippen LogP contribution in [0.3, 0.4) is 0 Å². The summed E-state index contributed by atoms with van der Waals surface area (Å²) in [6, 6.07) is 8.05. The summed E-state index contributed by atoms with van der Waals surface area (Å²) in [6.45, 7) is 6.53. The van der Waals surface area contributed by atoms with Gasteiger partial charge in [-0.15, -0.1) is 0 Å².